The number of benzene rings is 2. The van der Waals surface area contributed by atoms with Gasteiger partial charge in [-0.25, -0.2) is 4.79 Å². The van der Waals surface area contributed by atoms with E-state index in [1.807, 2.05) is 0 Å². The van der Waals surface area contributed by atoms with Gasteiger partial charge in [-0.2, -0.15) is 13.2 Å². The number of methoxy groups -OCH3 is 1. The highest BCUT2D eigenvalue weighted by molar-refractivity contribution is 5.90. The number of hydrogen-bond donors (Lipinski definition) is 0. The van der Waals surface area contributed by atoms with Gasteiger partial charge in [0, 0.05) is 0 Å². The molecular formula is C15H11F3O2. The molecule has 0 aliphatic carbocycles. The lowest BCUT2D eigenvalue weighted by Crippen LogP contribution is -2.10. The third-order valence-electron chi connectivity index (χ3n) is 2.83. The average Bonchev–Trinajstić information content (AvgIpc) is 2.46. The largest absolute Gasteiger partial charge is 0.465 e. The van der Waals surface area contributed by atoms with Gasteiger partial charge in [-0.1, -0.05) is 36.4 Å². The van der Waals surface area contributed by atoms with Crippen LogP contribution in [0.2, 0.25) is 0 Å². The molecule has 0 amide bonds. The summed E-state index contributed by atoms with van der Waals surface area (Å²) in [4.78, 5) is 11.4. The molecule has 104 valence electrons. The van der Waals surface area contributed by atoms with Gasteiger partial charge in [-0.3, -0.25) is 0 Å². The summed E-state index contributed by atoms with van der Waals surface area (Å²) in [6, 6.07) is 11.6. The standard InChI is InChI=1S/C15H11F3O2/c1-20-14(19)11-7-8-12(10-5-3-2-4-6-10)13(9-11)15(16,17)18/h2-9H,1H3. The van der Waals surface area contributed by atoms with Gasteiger partial charge in [0.15, 0.2) is 0 Å². The van der Waals surface area contributed by atoms with E-state index in [9.17, 15) is 18.0 Å². The zero-order valence-corrected chi connectivity index (χ0v) is 10.6. The summed E-state index contributed by atoms with van der Waals surface area (Å²) in [6.07, 6.45) is -4.55. The average molecular weight is 280 g/mol. The maximum atomic E-state index is 13.1. The van der Waals surface area contributed by atoms with Crippen molar-refractivity contribution in [2.24, 2.45) is 0 Å². The predicted octanol–water partition coefficient (Wildman–Crippen LogP) is 4.16. The van der Waals surface area contributed by atoms with E-state index in [1.54, 1.807) is 30.3 Å². The fourth-order valence-corrected chi connectivity index (χ4v) is 1.89. The van der Waals surface area contributed by atoms with Crippen LogP contribution in [-0.4, -0.2) is 13.1 Å². The van der Waals surface area contributed by atoms with E-state index in [0.29, 0.717) is 5.56 Å². The Morgan fingerprint density at radius 1 is 1.05 bits per heavy atom. The van der Waals surface area contributed by atoms with Crippen LogP contribution < -0.4 is 0 Å². The molecule has 0 saturated carbocycles. The van der Waals surface area contributed by atoms with E-state index < -0.39 is 17.7 Å². The monoisotopic (exact) mass is 280 g/mol. The van der Waals surface area contributed by atoms with Crippen LogP contribution in [0, 0.1) is 0 Å². The van der Waals surface area contributed by atoms with E-state index in [1.165, 1.54) is 12.1 Å². The molecule has 0 heterocycles. The summed E-state index contributed by atoms with van der Waals surface area (Å²) in [5, 5.41) is 0. The van der Waals surface area contributed by atoms with Crippen molar-refractivity contribution < 1.29 is 22.7 Å². The van der Waals surface area contributed by atoms with E-state index in [-0.39, 0.29) is 11.1 Å². The van der Waals surface area contributed by atoms with E-state index in [0.717, 1.165) is 13.2 Å². The Bertz CT molecular complexity index is 619. The van der Waals surface area contributed by atoms with Crippen LogP contribution in [0.3, 0.4) is 0 Å². The molecule has 0 bridgehead atoms. The Hall–Kier alpha value is -2.30. The lowest BCUT2D eigenvalue weighted by atomic mass is 9.97. The molecule has 2 aromatic rings. The first-order valence-corrected chi connectivity index (χ1v) is 5.78. The van der Waals surface area contributed by atoms with Crippen molar-refractivity contribution in [2.75, 3.05) is 7.11 Å². The van der Waals surface area contributed by atoms with Crippen molar-refractivity contribution in [2.45, 2.75) is 6.18 Å². The third kappa shape index (κ3) is 2.82. The molecule has 20 heavy (non-hydrogen) atoms. The van der Waals surface area contributed by atoms with Crippen molar-refractivity contribution >= 4 is 5.97 Å². The first-order chi connectivity index (χ1) is 9.43. The minimum absolute atomic E-state index is 0.0331. The van der Waals surface area contributed by atoms with Crippen LogP contribution in [-0.2, 0) is 10.9 Å². The molecule has 2 aromatic carbocycles. The van der Waals surface area contributed by atoms with Crippen LogP contribution in [0.5, 0.6) is 0 Å². The molecular weight excluding hydrogens is 269 g/mol. The van der Waals surface area contributed by atoms with Gasteiger partial charge in [0.1, 0.15) is 0 Å². The summed E-state index contributed by atoms with van der Waals surface area (Å²) in [5.41, 5.74) is -0.506. The van der Waals surface area contributed by atoms with Gasteiger partial charge in [-0.15, -0.1) is 0 Å². The summed E-state index contributed by atoms with van der Waals surface area (Å²) >= 11 is 0. The summed E-state index contributed by atoms with van der Waals surface area (Å²) in [7, 11) is 1.13. The molecule has 2 rings (SSSR count). The summed E-state index contributed by atoms with van der Waals surface area (Å²) in [5.74, 6) is -0.796. The minimum Gasteiger partial charge on any atom is -0.465 e. The number of rotatable bonds is 2. The Morgan fingerprint density at radius 2 is 1.70 bits per heavy atom. The van der Waals surface area contributed by atoms with Gasteiger partial charge < -0.3 is 4.74 Å². The second kappa shape index (κ2) is 5.36. The molecule has 5 heteroatoms. The van der Waals surface area contributed by atoms with Crippen LogP contribution in [0.4, 0.5) is 13.2 Å². The Balaban J connectivity index is 2.61. The van der Waals surface area contributed by atoms with Crippen LogP contribution >= 0.6 is 0 Å². The maximum absolute atomic E-state index is 13.1. The van der Waals surface area contributed by atoms with Crippen LogP contribution in [0.1, 0.15) is 15.9 Å². The lowest BCUT2D eigenvalue weighted by molar-refractivity contribution is -0.137. The second-order valence-corrected chi connectivity index (χ2v) is 4.12. The third-order valence-corrected chi connectivity index (χ3v) is 2.83. The molecule has 0 atom stereocenters. The molecule has 0 fully saturated rings. The first-order valence-electron chi connectivity index (χ1n) is 5.78. The molecule has 0 aliphatic rings. The number of hydrogen-bond acceptors (Lipinski definition) is 2. The first kappa shape index (κ1) is 14.1. The molecule has 0 N–H and O–H groups in total. The maximum Gasteiger partial charge on any atom is 0.417 e. The zero-order valence-electron chi connectivity index (χ0n) is 10.6. The van der Waals surface area contributed by atoms with Crippen molar-refractivity contribution in [1.29, 1.82) is 0 Å². The lowest BCUT2D eigenvalue weighted by Gasteiger charge is -2.14. The van der Waals surface area contributed by atoms with Gasteiger partial charge in [0.2, 0.25) is 0 Å². The van der Waals surface area contributed by atoms with Gasteiger partial charge in [0.05, 0.1) is 18.2 Å². The number of ether oxygens (including phenoxy) is 1. The number of esters is 1. The number of carbonyl (C=O) groups is 1. The molecule has 0 aliphatic heterocycles. The Morgan fingerprint density at radius 3 is 2.25 bits per heavy atom. The predicted molar refractivity (Wildman–Crippen MR) is 68.2 cm³/mol. The minimum atomic E-state index is -4.55. The normalized spacial score (nSPS) is 11.2. The van der Waals surface area contributed by atoms with Crippen molar-refractivity contribution in [3.8, 4) is 11.1 Å². The van der Waals surface area contributed by atoms with Crippen molar-refractivity contribution in [3.05, 3.63) is 59.7 Å². The quantitative estimate of drug-likeness (QED) is 0.772. The zero-order chi connectivity index (χ0) is 14.8. The fourth-order valence-electron chi connectivity index (χ4n) is 1.89. The molecule has 0 radical (unpaired) electrons. The highest BCUT2D eigenvalue weighted by Gasteiger charge is 2.34. The Kier molecular flexibility index (Phi) is 3.79. The SMILES string of the molecule is COC(=O)c1ccc(-c2ccccc2)c(C(F)(F)F)c1. The van der Waals surface area contributed by atoms with Gasteiger partial charge in [0.25, 0.3) is 0 Å². The van der Waals surface area contributed by atoms with Gasteiger partial charge >= 0.3 is 12.1 Å². The molecule has 0 unspecified atom stereocenters. The highest BCUT2D eigenvalue weighted by atomic mass is 19.4. The summed E-state index contributed by atoms with van der Waals surface area (Å²) in [6.45, 7) is 0. The molecule has 0 spiro atoms. The van der Waals surface area contributed by atoms with Crippen molar-refractivity contribution in [3.63, 3.8) is 0 Å². The van der Waals surface area contributed by atoms with Crippen LogP contribution in [0.25, 0.3) is 11.1 Å². The fraction of sp³-hybridized carbons (Fsp3) is 0.133. The number of alkyl halides is 3. The van der Waals surface area contributed by atoms with Crippen molar-refractivity contribution in [1.82, 2.24) is 0 Å². The van der Waals surface area contributed by atoms with E-state index >= 15 is 0 Å². The summed E-state index contributed by atoms with van der Waals surface area (Å²) < 4.78 is 43.8. The molecule has 0 saturated heterocycles. The second-order valence-electron chi connectivity index (χ2n) is 4.12. The topological polar surface area (TPSA) is 26.3 Å². The van der Waals surface area contributed by atoms with E-state index in [4.69, 9.17) is 0 Å². The van der Waals surface area contributed by atoms with Crippen LogP contribution in [0.15, 0.2) is 48.5 Å². The molecule has 2 nitrogen and oxygen atoms in total. The molecule has 0 aromatic heterocycles. The smallest absolute Gasteiger partial charge is 0.417 e. The highest BCUT2D eigenvalue weighted by Crippen LogP contribution is 2.37. The Labute approximate surface area is 113 Å². The van der Waals surface area contributed by atoms with E-state index in [2.05, 4.69) is 4.74 Å². The number of carbonyl (C=O) groups excluding carboxylic acids is 1. The number of halogens is 3. The van der Waals surface area contributed by atoms with Gasteiger partial charge in [-0.05, 0) is 23.3 Å².